The predicted octanol–water partition coefficient (Wildman–Crippen LogP) is 2.36. The molecular weight excluding hydrogens is 320 g/mol. The van der Waals surface area contributed by atoms with Crippen LogP contribution in [0.3, 0.4) is 0 Å². The van der Waals surface area contributed by atoms with Crippen LogP contribution in [-0.4, -0.2) is 23.6 Å². The number of nitrogens with one attached hydrogen (secondary N) is 1. The molecule has 0 saturated carbocycles. The Morgan fingerprint density at radius 2 is 2.20 bits per heavy atom. The number of rotatable bonds is 6. The van der Waals surface area contributed by atoms with Crippen molar-refractivity contribution >= 4 is 21.7 Å². The lowest BCUT2D eigenvalue weighted by Crippen LogP contribution is -2.10. The van der Waals surface area contributed by atoms with Gasteiger partial charge >= 0.3 is 0 Å². The van der Waals surface area contributed by atoms with Crippen molar-refractivity contribution in [1.29, 1.82) is 0 Å². The third-order valence-corrected chi connectivity index (χ3v) is 3.32. The summed E-state index contributed by atoms with van der Waals surface area (Å²) in [6.07, 6.45) is 2.54. The van der Waals surface area contributed by atoms with Gasteiger partial charge in [-0.15, -0.1) is 0 Å². The number of nitrogens with zero attached hydrogens (tertiary/aromatic N) is 2. The Morgan fingerprint density at radius 3 is 2.95 bits per heavy atom. The van der Waals surface area contributed by atoms with Crippen molar-refractivity contribution in [3.05, 3.63) is 46.3 Å². The van der Waals surface area contributed by atoms with E-state index < -0.39 is 0 Å². The van der Waals surface area contributed by atoms with Crippen LogP contribution < -0.4 is 15.8 Å². The Kier molecular flexibility index (Phi) is 5.31. The molecule has 1 aromatic carbocycles. The summed E-state index contributed by atoms with van der Waals surface area (Å²) in [5.41, 5.74) is 6.66. The maximum atomic E-state index is 5.52. The van der Waals surface area contributed by atoms with Gasteiger partial charge in [0.25, 0.3) is 0 Å². The van der Waals surface area contributed by atoms with Crippen molar-refractivity contribution in [3.8, 4) is 5.75 Å². The van der Waals surface area contributed by atoms with Gasteiger partial charge in [0, 0.05) is 17.2 Å². The first-order valence-corrected chi connectivity index (χ1v) is 7.10. The van der Waals surface area contributed by atoms with E-state index in [4.69, 9.17) is 10.5 Å². The zero-order valence-corrected chi connectivity index (χ0v) is 12.9. The number of halogens is 1. The summed E-state index contributed by atoms with van der Waals surface area (Å²) in [4.78, 5) is 8.36. The van der Waals surface area contributed by atoms with Gasteiger partial charge in [-0.2, -0.15) is 0 Å². The molecule has 0 aliphatic heterocycles. The molecule has 0 saturated heterocycles. The minimum absolute atomic E-state index is 0.342. The van der Waals surface area contributed by atoms with Crippen molar-refractivity contribution in [1.82, 2.24) is 9.97 Å². The standard InChI is InChI=1S/C14H17BrN4O/c1-20-12-3-2-11(15)8-10(12)4-6-17-13-5-7-18-14(9-16)19-13/h2-3,5,7-8H,4,6,9,16H2,1H3,(H,17,18,19). The Labute approximate surface area is 126 Å². The molecule has 0 unspecified atom stereocenters. The highest BCUT2D eigenvalue weighted by molar-refractivity contribution is 9.10. The van der Waals surface area contributed by atoms with Crippen molar-refractivity contribution in [3.63, 3.8) is 0 Å². The van der Waals surface area contributed by atoms with Gasteiger partial charge in [0.1, 0.15) is 17.4 Å². The van der Waals surface area contributed by atoms with E-state index in [1.165, 1.54) is 0 Å². The lowest BCUT2D eigenvalue weighted by molar-refractivity contribution is 0.410. The number of hydrogen-bond donors (Lipinski definition) is 2. The van der Waals surface area contributed by atoms with Crippen molar-refractivity contribution in [2.75, 3.05) is 19.0 Å². The molecule has 0 aliphatic rings. The molecule has 0 aliphatic carbocycles. The molecule has 0 bridgehead atoms. The molecule has 0 atom stereocenters. The zero-order valence-electron chi connectivity index (χ0n) is 11.3. The van der Waals surface area contributed by atoms with Crippen molar-refractivity contribution < 1.29 is 4.74 Å². The maximum Gasteiger partial charge on any atom is 0.144 e. The number of ether oxygens (including phenoxy) is 1. The summed E-state index contributed by atoms with van der Waals surface area (Å²) >= 11 is 3.47. The number of nitrogens with two attached hydrogens (primary N) is 1. The molecule has 3 N–H and O–H groups in total. The Hall–Kier alpha value is -1.66. The van der Waals surface area contributed by atoms with Crippen LogP contribution >= 0.6 is 15.9 Å². The number of anilines is 1. The van der Waals surface area contributed by atoms with Crippen LogP contribution in [0.5, 0.6) is 5.75 Å². The van der Waals surface area contributed by atoms with Gasteiger partial charge in [-0.1, -0.05) is 15.9 Å². The summed E-state index contributed by atoms with van der Waals surface area (Å²) in [5.74, 6) is 2.31. The Bertz CT molecular complexity index is 577. The minimum Gasteiger partial charge on any atom is -0.496 e. The first-order valence-electron chi connectivity index (χ1n) is 6.31. The molecule has 2 rings (SSSR count). The zero-order chi connectivity index (χ0) is 14.4. The maximum absolute atomic E-state index is 5.52. The second-order valence-electron chi connectivity index (χ2n) is 4.20. The molecule has 5 nitrogen and oxygen atoms in total. The molecule has 0 fully saturated rings. The highest BCUT2D eigenvalue weighted by atomic mass is 79.9. The van der Waals surface area contributed by atoms with Gasteiger partial charge in [0.2, 0.25) is 0 Å². The molecule has 0 spiro atoms. The summed E-state index contributed by atoms with van der Waals surface area (Å²) in [6, 6.07) is 7.81. The van der Waals surface area contributed by atoms with Gasteiger partial charge in [-0.05, 0) is 36.2 Å². The van der Waals surface area contributed by atoms with Crippen LogP contribution in [-0.2, 0) is 13.0 Å². The molecule has 0 radical (unpaired) electrons. The van der Waals surface area contributed by atoms with Crippen LogP contribution in [0, 0.1) is 0 Å². The number of aromatic nitrogens is 2. The van der Waals surface area contributed by atoms with Gasteiger partial charge in [0.15, 0.2) is 0 Å². The Balaban J connectivity index is 1.97. The van der Waals surface area contributed by atoms with E-state index in [1.54, 1.807) is 13.3 Å². The van der Waals surface area contributed by atoms with E-state index in [0.717, 1.165) is 34.6 Å². The van der Waals surface area contributed by atoms with Gasteiger partial charge < -0.3 is 15.8 Å². The molecule has 1 heterocycles. The second-order valence-corrected chi connectivity index (χ2v) is 5.11. The lowest BCUT2D eigenvalue weighted by Gasteiger charge is -2.10. The lowest BCUT2D eigenvalue weighted by atomic mass is 10.1. The second kappa shape index (κ2) is 7.21. The molecule has 6 heteroatoms. The number of hydrogen-bond acceptors (Lipinski definition) is 5. The Morgan fingerprint density at radius 1 is 1.35 bits per heavy atom. The fourth-order valence-electron chi connectivity index (χ4n) is 1.86. The van der Waals surface area contributed by atoms with Crippen LogP contribution in [0.4, 0.5) is 5.82 Å². The van der Waals surface area contributed by atoms with E-state index in [-0.39, 0.29) is 0 Å². The average molecular weight is 337 g/mol. The van der Waals surface area contributed by atoms with Crippen LogP contribution in [0.25, 0.3) is 0 Å². The number of benzene rings is 1. The van der Waals surface area contributed by atoms with E-state index in [9.17, 15) is 0 Å². The third kappa shape index (κ3) is 3.91. The van der Waals surface area contributed by atoms with Gasteiger partial charge in [-0.25, -0.2) is 9.97 Å². The fraction of sp³-hybridized carbons (Fsp3) is 0.286. The van der Waals surface area contributed by atoms with Crippen LogP contribution in [0.15, 0.2) is 34.9 Å². The van der Waals surface area contributed by atoms with Crippen LogP contribution in [0.1, 0.15) is 11.4 Å². The molecule has 2 aromatic rings. The summed E-state index contributed by atoms with van der Waals surface area (Å²) in [5, 5.41) is 3.26. The highest BCUT2D eigenvalue weighted by Crippen LogP contribution is 2.23. The van der Waals surface area contributed by atoms with Gasteiger partial charge in [0.05, 0.1) is 13.7 Å². The molecular formula is C14H17BrN4O. The largest absolute Gasteiger partial charge is 0.496 e. The summed E-state index contributed by atoms with van der Waals surface area (Å²) in [6.45, 7) is 1.10. The highest BCUT2D eigenvalue weighted by Gasteiger charge is 2.04. The third-order valence-electron chi connectivity index (χ3n) is 2.83. The molecule has 1 aromatic heterocycles. The predicted molar refractivity (Wildman–Crippen MR) is 82.8 cm³/mol. The monoisotopic (exact) mass is 336 g/mol. The van der Waals surface area contributed by atoms with E-state index in [0.29, 0.717) is 12.4 Å². The van der Waals surface area contributed by atoms with Crippen LogP contribution in [0.2, 0.25) is 0 Å². The fourth-order valence-corrected chi connectivity index (χ4v) is 2.27. The van der Waals surface area contributed by atoms with E-state index in [1.807, 2.05) is 18.2 Å². The average Bonchev–Trinajstić information content (AvgIpc) is 2.48. The minimum atomic E-state index is 0.342. The first kappa shape index (κ1) is 14.7. The quantitative estimate of drug-likeness (QED) is 0.847. The normalized spacial score (nSPS) is 10.3. The summed E-state index contributed by atoms with van der Waals surface area (Å²) < 4.78 is 6.39. The molecule has 20 heavy (non-hydrogen) atoms. The van der Waals surface area contributed by atoms with E-state index in [2.05, 4.69) is 37.3 Å². The molecule has 0 amide bonds. The van der Waals surface area contributed by atoms with Crippen molar-refractivity contribution in [2.45, 2.75) is 13.0 Å². The number of methoxy groups -OCH3 is 1. The topological polar surface area (TPSA) is 73.1 Å². The smallest absolute Gasteiger partial charge is 0.144 e. The summed E-state index contributed by atoms with van der Waals surface area (Å²) in [7, 11) is 1.68. The van der Waals surface area contributed by atoms with Gasteiger partial charge in [-0.3, -0.25) is 0 Å². The van der Waals surface area contributed by atoms with E-state index >= 15 is 0 Å². The van der Waals surface area contributed by atoms with Crippen molar-refractivity contribution in [2.24, 2.45) is 5.73 Å². The first-order chi connectivity index (χ1) is 9.72. The SMILES string of the molecule is COc1ccc(Br)cc1CCNc1ccnc(CN)n1. The molecule has 106 valence electrons.